The first-order valence-electron chi connectivity index (χ1n) is 3.99. The lowest BCUT2D eigenvalue weighted by atomic mass is 10.1. The van der Waals surface area contributed by atoms with Crippen molar-refractivity contribution in [2.75, 3.05) is 12.5 Å². The summed E-state index contributed by atoms with van der Waals surface area (Å²) in [7, 11) is 0. The molecule has 5 heteroatoms. The summed E-state index contributed by atoms with van der Waals surface area (Å²) in [6.45, 7) is 1.51. The predicted octanol–water partition coefficient (Wildman–Crippen LogP) is 1.85. The Hall–Kier alpha value is -1.42. The van der Waals surface area contributed by atoms with Gasteiger partial charge in [-0.15, -0.1) is 0 Å². The summed E-state index contributed by atoms with van der Waals surface area (Å²) in [5.74, 6) is 0.689. The number of anilines is 1. The van der Waals surface area contributed by atoms with Crippen LogP contribution in [0.4, 0.5) is 5.69 Å². The van der Waals surface area contributed by atoms with Crippen molar-refractivity contribution < 1.29 is 14.3 Å². The smallest absolute Gasteiger partial charge is 0.231 e. The molecular weight excluding hydrogens is 206 g/mol. The minimum atomic E-state index is -0.189. The number of halogens is 1. The van der Waals surface area contributed by atoms with E-state index in [9.17, 15) is 4.79 Å². The maximum atomic E-state index is 11.2. The first-order valence-corrected chi connectivity index (χ1v) is 4.37. The van der Waals surface area contributed by atoms with Gasteiger partial charge in [0.1, 0.15) is 0 Å². The van der Waals surface area contributed by atoms with Gasteiger partial charge in [-0.05, 0) is 6.92 Å². The van der Waals surface area contributed by atoms with E-state index in [1.807, 2.05) is 0 Å². The second kappa shape index (κ2) is 3.06. The average Bonchev–Trinajstić information content (AvgIpc) is 2.50. The summed E-state index contributed by atoms with van der Waals surface area (Å²) in [5.41, 5.74) is 6.25. The first-order chi connectivity index (χ1) is 6.61. The fourth-order valence-electron chi connectivity index (χ4n) is 1.38. The maximum absolute atomic E-state index is 11.2. The SMILES string of the molecule is CC(=O)c1c(N)cc2c(c1Cl)OCO2. The molecule has 14 heavy (non-hydrogen) atoms. The zero-order valence-electron chi connectivity index (χ0n) is 7.46. The largest absolute Gasteiger partial charge is 0.453 e. The molecule has 4 nitrogen and oxygen atoms in total. The second-order valence-corrected chi connectivity index (χ2v) is 3.32. The lowest BCUT2D eigenvalue weighted by Crippen LogP contribution is -2.01. The molecule has 74 valence electrons. The van der Waals surface area contributed by atoms with Crippen LogP contribution >= 0.6 is 11.6 Å². The molecule has 2 rings (SSSR count). The molecule has 1 aromatic carbocycles. The van der Waals surface area contributed by atoms with Crippen LogP contribution < -0.4 is 15.2 Å². The Bertz CT molecular complexity index is 417. The topological polar surface area (TPSA) is 61.6 Å². The molecule has 0 aliphatic carbocycles. The van der Waals surface area contributed by atoms with Gasteiger partial charge < -0.3 is 15.2 Å². The van der Waals surface area contributed by atoms with E-state index in [1.54, 1.807) is 6.07 Å². The number of rotatable bonds is 1. The molecule has 1 aromatic rings. The molecule has 1 aliphatic rings. The molecule has 1 heterocycles. The number of benzene rings is 1. The monoisotopic (exact) mass is 213 g/mol. The first kappa shape index (κ1) is 9.15. The third-order valence-electron chi connectivity index (χ3n) is 1.99. The summed E-state index contributed by atoms with van der Waals surface area (Å²) in [6, 6.07) is 1.55. The van der Waals surface area contributed by atoms with Crippen molar-refractivity contribution >= 4 is 23.1 Å². The van der Waals surface area contributed by atoms with Gasteiger partial charge in [0.25, 0.3) is 0 Å². The van der Waals surface area contributed by atoms with E-state index < -0.39 is 0 Å². The van der Waals surface area contributed by atoms with Gasteiger partial charge in [0.2, 0.25) is 6.79 Å². The van der Waals surface area contributed by atoms with Crippen LogP contribution in [0, 0.1) is 0 Å². The van der Waals surface area contributed by atoms with Gasteiger partial charge >= 0.3 is 0 Å². The van der Waals surface area contributed by atoms with Crippen molar-refractivity contribution in [2.24, 2.45) is 0 Å². The Kier molecular flexibility index (Phi) is 2.00. The Morgan fingerprint density at radius 2 is 2.29 bits per heavy atom. The number of nitrogens with two attached hydrogens (primary N) is 1. The number of hydrogen-bond donors (Lipinski definition) is 1. The molecule has 0 bridgehead atoms. The molecule has 0 aromatic heterocycles. The van der Waals surface area contributed by atoms with Crippen LogP contribution in [0.15, 0.2) is 6.07 Å². The highest BCUT2D eigenvalue weighted by Gasteiger charge is 2.23. The molecule has 2 N–H and O–H groups in total. The molecule has 0 unspecified atom stereocenters. The van der Waals surface area contributed by atoms with Gasteiger partial charge in [0, 0.05) is 11.8 Å². The van der Waals surface area contributed by atoms with Crippen LogP contribution in [0.2, 0.25) is 5.02 Å². The fraction of sp³-hybridized carbons (Fsp3) is 0.222. The average molecular weight is 214 g/mol. The van der Waals surface area contributed by atoms with Crippen LogP contribution in [-0.2, 0) is 0 Å². The molecule has 0 fully saturated rings. The van der Waals surface area contributed by atoms with Crippen molar-refractivity contribution in [3.05, 3.63) is 16.7 Å². The third-order valence-corrected chi connectivity index (χ3v) is 2.35. The number of nitrogen functional groups attached to an aromatic ring is 1. The predicted molar refractivity (Wildman–Crippen MR) is 52.0 cm³/mol. The number of ether oxygens (including phenoxy) is 2. The number of ketones is 1. The highest BCUT2D eigenvalue weighted by molar-refractivity contribution is 6.36. The minimum Gasteiger partial charge on any atom is -0.453 e. The Morgan fingerprint density at radius 1 is 1.57 bits per heavy atom. The van der Waals surface area contributed by atoms with E-state index in [1.165, 1.54) is 6.92 Å². The number of carbonyl (C=O) groups excluding carboxylic acids is 1. The van der Waals surface area contributed by atoms with Crippen molar-refractivity contribution in [1.29, 1.82) is 0 Å². The van der Waals surface area contributed by atoms with Gasteiger partial charge in [0.05, 0.1) is 10.6 Å². The van der Waals surface area contributed by atoms with Crippen LogP contribution in [-0.4, -0.2) is 12.6 Å². The molecule has 0 radical (unpaired) electrons. The van der Waals surface area contributed by atoms with Crippen LogP contribution in [0.25, 0.3) is 0 Å². The standard InChI is InChI=1S/C9H8ClNO3/c1-4(12)7-5(11)2-6-9(8(7)10)14-3-13-6/h2H,3,11H2,1H3. The van der Waals surface area contributed by atoms with E-state index in [4.69, 9.17) is 26.8 Å². The molecule has 1 aliphatic heterocycles. The lowest BCUT2D eigenvalue weighted by Gasteiger charge is -2.07. The summed E-state index contributed by atoms with van der Waals surface area (Å²) in [4.78, 5) is 11.2. The zero-order chi connectivity index (χ0) is 10.3. The van der Waals surface area contributed by atoms with E-state index in [0.717, 1.165) is 0 Å². The number of hydrogen-bond acceptors (Lipinski definition) is 4. The van der Waals surface area contributed by atoms with Gasteiger partial charge in [-0.2, -0.15) is 0 Å². The van der Waals surface area contributed by atoms with Gasteiger partial charge in [-0.3, -0.25) is 4.79 Å². The molecule has 0 atom stereocenters. The highest BCUT2D eigenvalue weighted by atomic mass is 35.5. The van der Waals surface area contributed by atoms with Crippen molar-refractivity contribution in [3.63, 3.8) is 0 Å². The molecule has 0 spiro atoms. The molecular formula is C9H8ClNO3. The van der Waals surface area contributed by atoms with E-state index in [2.05, 4.69) is 0 Å². The van der Waals surface area contributed by atoms with E-state index >= 15 is 0 Å². The Labute approximate surface area is 85.6 Å². The summed E-state index contributed by atoms with van der Waals surface area (Å²) in [6.07, 6.45) is 0. The van der Waals surface area contributed by atoms with Crippen LogP contribution in [0.5, 0.6) is 11.5 Å². The summed E-state index contributed by atoms with van der Waals surface area (Å²) < 4.78 is 10.2. The second-order valence-electron chi connectivity index (χ2n) is 2.94. The molecule has 0 saturated carbocycles. The van der Waals surface area contributed by atoms with Gasteiger partial charge in [-0.25, -0.2) is 0 Å². The number of fused-ring (bicyclic) bond motifs is 1. The fourth-order valence-corrected chi connectivity index (χ4v) is 1.77. The normalized spacial score (nSPS) is 13.0. The van der Waals surface area contributed by atoms with Crippen LogP contribution in [0.3, 0.4) is 0 Å². The Balaban J connectivity index is 2.68. The molecule has 0 amide bonds. The number of carbonyl (C=O) groups is 1. The maximum Gasteiger partial charge on any atom is 0.231 e. The van der Waals surface area contributed by atoms with Crippen molar-refractivity contribution in [2.45, 2.75) is 6.92 Å². The highest BCUT2D eigenvalue weighted by Crippen LogP contribution is 2.43. The quantitative estimate of drug-likeness (QED) is 0.571. The van der Waals surface area contributed by atoms with Crippen molar-refractivity contribution in [1.82, 2.24) is 0 Å². The minimum absolute atomic E-state index is 0.107. The van der Waals surface area contributed by atoms with Gasteiger partial charge in [0.15, 0.2) is 17.3 Å². The zero-order valence-corrected chi connectivity index (χ0v) is 8.22. The van der Waals surface area contributed by atoms with Crippen molar-refractivity contribution in [3.8, 4) is 11.5 Å². The molecule has 0 saturated heterocycles. The number of Topliss-reactive ketones (excluding diaryl/α,β-unsaturated/α-hetero) is 1. The van der Waals surface area contributed by atoms with Crippen LogP contribution in [0.1, 0.15) is 17.3 Å². The lowest BCUT2D eigenvalue weighted by molar-refractivity contribution is 0.101. The summed E-state index contributed by atoms with van der Waals surface area (Å²) in [5, 5.41) is 0.227. The summed E-state index contributed by atoms with van der Waals surface area (Å²) >= 11 is 5.95. The third kappa shape index (κ3) is 1.19. The van der Waals surface area contributed by atoms with E-state index in [0.29, 0.717) is 17.2 Å². The van der Waals surface area contributed by atoms with Gasteiger partial charge in [-0.1, -0.05) is 11.6 Å². The van der Waals surface area contributed by atoms with E-state index in [-0.39, 0.29) is 23.2 Å². The Morgan fingerprint density at radius 3 is 2.93 bits per heavy atom.